The molecule has 2 aromatic rings. The molecular weight excluding hydrogens is 424 g/mol. The number of carbonyl (C=O) groups is 2. The molecule has 0 spiro atoms. The summed E-state index contributed by atoms with van der Waals surface area (Å²) in [4.78, 5) is 44.2. The van der Waals surface area contributed by atoms with Gasteiger partial charge in [0.1, 0.15) is 16.9 Å². The largest absolute Gasteiger partial charge is 0.368 e. The van der Waals surface area contributed by atoms with E-state index in [9.17, 15) is 9.59 Å². The summed E-state index contributed by atoms with van der Waals surface area (Å²) in [6, 6.07) is -0.553. The third-order valence-electron chi connectivity index (χ3n) is 6.16. The molecule has 2 aromatic heterocycles. The number of likely N-dealkylation sites (tertiary alicyclic amines) is 1. The van der Waals surface area contributed by atoms with Crippen molar-refractivity contribution >= 4 is 23.2 Å². The summed E-state index contributed by atoms with van der Waals surface area (Å²) >= 11 is 1.53. The number of thiazole rings is 1. The molecule has 1 aliphatic heterocycles. The molecule has 1 aliphatic carbocycles. The lowest BCUT2D eigenvalue weighted by molar-refractivity contribution is -0.137. The van der Waals surface area contributed by atoms with E-state index in [1.807, 2.05) is 25.2 Å². The molecule has 8 nitrogen and oxygen atoms in total. The second kappa shape index (κ2) is 8.51. The Morgan fingerprint density at radius 2 is 2.00 bits per heavy atom. The first-order valence-corrected chi connectivity index (χ1v) is 11.9. The number of carbonyl (C=O) groups excluding carboxylic acids is 2. The molecule has 2 aliphatic rings. The van der Waals surface area contributed by atoms with E-state index < -0.39 is 11.9 Å². The molecule has 172 valence electrons. The number of aromatic nitrogens is 3. The Kier molecular flexibility index (Phi) is 6.06. The highest BCUT2D eigenvalue weighted by Gasteiger charge is 2.41. The zero-order chi connectivity index (χ0) is 23.2. The topological polar surface area (TPSA) is 105 Å². The fourth-order valence-corrected chi connectivity index (χ4v) is 5.77. The number of rotatable bonds is 5. The first kappa shape index (κ1) is 22.8. The van der Waals surface area contributed by atoms with Gasteiger partial charge in [-0.2, -0.15) is 0 Å². The highest BCUT2D eigenvalue weighted by molar-refractivity contribution is 7.15. The van der Waals surface area contributed by atoms with E-state index in [4.69, 9.17) is 15.7 Å². The van der Waals surface area contributed by atoms with Crippen LogP contribution in [0.15, 0.2) is 6.20 Å². The number of hydrogen-bond donors (Lipinski definition) is 1. The Balaban J connectivity index is 1.56. The van der Waals surface area contributed by atoms with Crippen molar-refractivity contribution in [2.24, 2.45) is 11.7 Å². The number of amides is 2. The van der Waals surface area contributed by atoms with Crippen LogP contribution in [0.1, 0.15) is 49.3 Å². The van der Waals surface area contributed by atoms with Crippen molar-refractivity contribution in [2.45, 2.75) is 57.9 Å². The maximum absolute atomic E-state index is 13.2. The lowest BCUT2D eigenvalue weighted by Crippen LogP contribution is -2.48. The van der Waals surface area contributed by atoms with Crippen molar-refractivity contribution in [1.82, 2.24) is 24.8 Å². The van der Waals surface area contributed by atoms with Crippen molar-refractivity contribution < 1.29 is 9.59 Å². The van der Waals surface area contributed by atoms with E-state index in [1.165, 1.54) is 11.3 Å². The quantitative estimate of drug-likeness (QED) is 0.736. The SMILES string of the molecule is CN(C)C[C@@H]1CCN(C(=O)Cc2nc3c(s2)-c2nc(C(C)(C)C)ncc2CC3)[C@@H]1C(N)=O. The Labute approximate surface area is 193 Å². The van der Waals surface area contributed by atoms with E-state index in [0.29, 0.717) is 6.54 Å². The number of aryl methyl sites for hydroxylation is 2. The average Bonchev–Trinajstić information content (AvgIpc) is 3.30. The van der Waals surface area contributed by atoms with E-state index >= 15 is 0 Å². The highest BCUT2D eigenvalue weighted by Crippen LogP contribution is 2.37. The fraction of sp³-hybridized carbons (Fsp3) is 0.609. The molecule has 0 aromatic carbocycles. The highest BCUT2D eigenvalue weighted by atomic mass is 32.1. The van der Waals surface area contributed by atoms with Gasteiger partial charge in [0.15, 0.2) is 0 Å². The van der Waals surface area contributed by atoms with Crippen molar-refractivity contribution in [3.63, 3.8) is 0 Å². The Hall–Kier alpha value is -2.39. The predicted molar refractivity (Wildman–Crippen MR) is 124 cm³/mol. The molecule has 32 heavy (non-hydrogen) atoms. The third-order valence-corrected chi connectivity index (χ3v) is 7.26. The molecule has 0 radical (unpaired) electrons. The van der Waals surface area contributed by atoms with Gasteiger partial charge < -0.3 is 15.5 Å². The van der Waals surface area contributed by atoms with Gasteiger partial charge in [-0.25, -0.2) is 15.0 Å². The molecule has 9 heteroatoms. The molecular formula is C23H32N6O2S. The zero-order valence-corrected chi connectivity index (χ0v) is 20.3. The minimum absolute atomic E-state index is 0.0651. The standard InChI is InChI=1S/C23H32N6O2S/c1-23(2,3)22-25-11-13-6-7-15-20(18(13)27-22)32-16(26-15)10-17(30)29-9-8-14(12-28(4)5)19(29)21(24)31/h11,14,19H,6-10,12H2,1-5H3,(H2,24,31)/t14-,19-/m0/s1. The summed E-state index contributed by atoms with van der Waals surface area (Å²) in [5.41, 5.74) is 8.63. The molecule has 1 fully saturated rings. The summed E-state index contributed by atoms with van der Waals surface area (Å²) < 4.78 is 0. The zero-order valence-electron chi connectivity index (χ0n) is 19.5. The lowest BCUT2D eigenvalue weighted by Gasteiger charge is -2.26. The van der Waals surface area contributed by atoms with Crippen LogP contribution in [0.2, 0.25) is 0 Å². The molecule has 1 saturated heterocycles. The second-order valence-corrected chi connectivity index (χ2v) is 11.2. The van der Waals surface area contributed by atoms with Gasteiger partial charge in [-0.05, 0) is 38.9 Å². The number of nitrogens with two attached hydrogens (primary N) is 1. The normalized spacial score (nSPS) is 20.4. The number of hydrogen-bond acceptors (Lipinski definition) is 7. The van der Waals surface area contributed by atoms with E-state index in [0.717, 1.165) is 58.5 Å². The predicted octanol–water partition coefficient (Wildman–Crippen LogP) is 1.80. The molecule has 4 rings (SSSR count). The van der Waals surface area contributed by atoms with Crippen LogP contribution >= 0.6 is 11.3 Å². The number of fused-ring (bicyclic) bond motifs is 3. The summed E-state index contributed by atoms with van der Waals surface area (Å²) in [5.74, 6) is 0.361. The molecule has 0 unspecified atom stereocenters. The molecule has 2 atom stereocenters. The van der Waals surface area contributed by atoms with Gasteiger partial charge in [-0.3, -0.25) is 9.59 Å². The molecule has 3 heterocycles. The van der Waals surface area contributed by atoms with Crippen LogP contribution in [-0.2, 0) is 34.3 Å². The minimum atomic E-state index is -0.553. The van der Waals surface area contributed by atoms with Crippen molar-refractivity contribution in [2.75, 3.05) is 27.2 Å². The third kappa shape index (κ3) is 4.41. The van der Waals surface area contributed by atoms with Gasteiger partial charge in [0.05, 0.1) is 22.7 Å². The van der Waals surface area contributed by atoms with Gasteiger partial charge in [-0.1, -0.05) is 20.8 Å². The number of primary amides is 1. The average molecular weight is 457 g/mol. The maximum atomic E-state index is 13.2. The van der Waals surface area contributed by atoms with Gasteiger partial charge in [0, 0.05) is 30.6 Å². The number of nitrogens with zero attached hydrogens (tertiary/aromatic N) is 5. The summed E-state index contributed by atoms with van der Waals surface area (Å²) in [7, 11) is 3.93. The van der Waals surface area contributed by atoms with Crippen LogP contribution in [0.5, 0.6) is 0 Å². The van der Waals surface area contributed by atoms with Crippen LogP contribution in [0.4, 0.5) is 0 Å². The van der Waals surface area contributed by atoms with Gasteiger partial charge in [0.2, 0.25) is 11.8 Å². The molecule has 0 bridgehead atoms. The van der Waals surface area contributed by atoms with Crippen LogP contribution in [0, 0.1) is 5.92 Å². The van der Waals surface area contributed by atoms with Crippen molar-refractivity contribution in [3.8, 4) is 10.6 Å². The Bertz CT molecular complexity index is 1040. The van der Waals surface area contributed by atoms with E-state index in [-0.39, 0.29) is 23.7 Å². The van der Waals surface area contributed by atoms with Crippen LogP contribution < -0.4 is 5.73 Å². The fourth-order valence-electron chi connectivity index (χ4n) is 4.64. The van der Waals surface area contributed by atoms with E-state index in [1.54, 1.807) is 4.90 Å². The van der Waals surface area contributed by atoms with Crippen molar-refractivity contribution in [1.29, 1.82) is 0 Å². The Morgan fingerprint density at radius 1 is 1.25 bits per heavy atom. The first-order valence-electron chi connectivity index (χ1n) is 11.1. The van der Waals surface area contributed by atoms with E-state index in [2.05, 4.69) is 25.8 Å². The van der Waals surface area contributed by atoms with Crippen LogP contribution in [-0.4, -0.2) is 69.8 Å². The lowest BCUT2D eigenvalue weighted by atomic mass is 9.94. The summed E-state index contributed by atoms with van der Waals surface area (Å²) in [6.07, 6.45) is 4.58. The van der Waals surface area contributed by atoms with Gasteiger partial charge >= 0.3 is 0 Å². The van der Waals surface area contributed by atoms with Gasteiger partial charge in [0.25, 0.3) is 0 Å². The maximum Gasteiger partial charge on any atom is 0.240 e. The monoisotopic (exact) mass is 456 g/mol. The molecule has 2 amide bonds. The summed E-state index contributed by atoms with van der Waals surface area (Å²) in [6.45, 7) is 7.59. The molecule has 2 N–H and O–H groups in total. The van der Waals surface area contributed by atoms with Crippen LogP contribution in [0.25, 0.3) is 10.6 Å². The first-order chi connectivity index (χ1) is 15.0. The smallest absolute Gasteiger partial charge is 0.240 e. The van der Waals surface area contributed by atoms with Crippen LogP contribution in [0.3, 0.4) is 0 Å². The minimum Gasteiger partial charge on any atom is -0.368 e. The van der Waals surface area contributed by atoms with Crippen molar-refractivity contribution in [3.05, 3.63) is 28.3 Å². The second-order valence-electron chi connectivity index (χ2n) is 10.1. The molecule has 0 saturated carbocycles. The Morgan fingerprint density at radius 3 is 2.66 bits per heavy atom. The summed E-state index contributed by atoms with van der Waals surface area (Å²) in [5, 5.41) is 0.767. The van der Waals surface area contributed by atoms with Gasteiger partial charge in [-0.15, -0.1) is 11.3 Å².